The van der Waals surface area contributed by atoms with Crippen LogP contribution in [0.4, 0.5) is 0 Å². The fourth-order valence-electron chi connectivity index (χ4n) is 2.26. The van der Waals surface area contributed by atoms with Crippen LogP contribution in [0.1, 0.15) is 51.8 Å². The molecule has 2 rings (SSSR count). The molecule has 0 spiro atoms. The van der Waals surface area contributed by atoms with Gasteiger partial charge in [-0.3, -0.25) is 9.88 Å². The highest BCUT2D eigenvalue weighted by atomic mass is 15.1. The van der Waals surface area contributed by atoms with Crippen molar-refractivity contribution in [2.45, 2.75) is 65.7 Å². The third kappa shape index (κ3) is 4.57. The van der Waals surface area contributed by atoms with E-state index in [1.165, 1.54) is 18.4 Å². The van der Waals surface area contributed by atoms with Crippen LogP contribution in [0.5, 0.6) is 0 Å². The van der Waals surface area contributed by atoms with Crippen molar-refractivity contribution in [2.75, 3.05) is 7.05 Å². The first-order chi connectivity index (χ1) is 9.36. The van der Waals surface area contributed by atoms with E-state index in [1.807, 2.05) is 6.20 Å². The molecule has 1 unspecified atom stereocenters. The molecule has 3 heteroatoms. The lowest BCUT2D eigenvalue weighted by atomic mass is 9.87. The summed E-state index contributed by atoms with van der Waals surface area (Å²) >= 11 is 0. The van der Waals surface area contributed by atoms with E-state index in [2.05, 4.69) is 62.1 Å². The summed E-state index contributed by atoms with van der Waals surface area (Å²) in [5.41, 5.74) is 2.73. The molecule has 20 heavy (non-hydrogen) atoms. The molecule has 1 aromatic heterocycles. The van der Waals surface area contributed by atoms with Crippen LogP contribution in [0.3, 0.4) is 0 Å². The molecule has 1 fully saturated rings. The highest BCUT2D eigenvalue weighted by molar-refractivity contribution is 5.14. The molecule has 0 aliphatic heterocycles. The van der Waals surface area contributed by atoms with Crippen molar-refractivity contribution in [1.29, 1.82) is 0 Å². The predicted molar refractivity (Wildman–Crippen MR) is 84.5 cm³/mol. The zero-order valence-corrected chi connectivity index (χ0v) is 13.6. The summed E-state index contributed by atoms with van der Waals surface area (Å²) in [6, 6.07) is 5.65. The van der Waals surface area contributed by atoms with E-state index in [1.54, 1.807) is 0 Å². The Bertz CT molecular complexity index is 415. The topological polar surface area (TPSA) is 28.2 Å². The molecule has 1 saturated carbocycles. The second-order valence-corrected chi connectivity index (χ2v) is 7.27. The van der Waals surface area contributed by atoms with Crippen molar-refractivity contribution < 1.29 is 0 Å². The Hall–Kier alpha value is -0.930. The number of hydrogen-bond donors (Lipinski definition) is 1. The predicted octanol–water partition coefficient (Wildman–Crippen LogP) is 3.20. The zero-order chi connectivity index (χ0) is 14.8. The Labute approximate surface area is 123 Å². The number of hydrogen-bond acceptors (Lipinski definition) is 3. The van der Waals surface area contributed by atoms with Crippen LogP contribution in [-0.4, -0.2) is 29.0 Å². The second-order valence-electron chi connectivity index (χ2n) is 7.27. The standard InChI is InChI=1S/C17H29N3/c1-13(17(2,3)4)20(5)12-16-7-6-14(11-19-16)10-18-15-8-9-15/h6-7,11,13,15,18H,8-10,12H2,1-5H3. The van der Waals surface area contributed by atoms with Crippen molar-refractivity contribution >= 4 is 0 Å². The number of nitrogens with zero attached hydrogens (tertiary/aromatic N) is 2. The van der Waals surface area contributed by atoms with Gasteiger partial charge in [-0.25, -0.2) is 0 Å². The van der Waals surface area contributed by atoms with E-state index in [9.17, 15) is 0 Å². The number of aromatic nitrogens is 1. The fraction of sp³-hybridized carbons (Fsp3) is 0.706. The second kappa shape index (κ2) is 6.23. The first kappa shape index (κ1) is 15.5. The molecule has 0 bridgehead atoms. The van der Waals surface area contributed by atoms with Crippen LogP contribution in [0.15, 0.2) is 18.3 Å². The first-order valence-electron chi connectivity index (χ1n) is 7.73. The lowest BCUT2D eigenvalue weighted by molar-refractivity contribution is 0.133. The maximum absolute atomic E-state index is 4.60. The highest BCUT2D eigenvalue weighted by Gasteiger charge is 2.24. The van der Waals surface area contributed by atoms with Gasteiger partial charge in [-0.1, -0.05) is 26.8 Å². The SMILES string of the molecule is CC(N(C)Cc1ccc(CNC2CC2)cn1)C(C)(C)C. The van der Waals surface area contributed by atoms with Crippen LogP contribution in [0, 0.1) is 5.41 Å². The lowest BCUT2D eigenvalue weighted by Gasteiger charge is -2.35. The summed E-state index contributed by atoms with van der Waals surface area (Å²) in [6.45, 7) is 11.0. The van der Waals surface area contributed by atoms with E-state index in [0.29, 0.717) is 11.5 Å². The lowest BCUT2D eigenvalue weighted by Crippen LogP contribution is -2.38. The quantitative estimate of drug-likeness (QED) is 0.864. The third-order valence-electron chi connectivity index (χ3n) is 4.38. The highest BCUT2D eigenvalue weighted by Crippen LogP contribution is 2.24. The van der Waals surface area contributed by atoms with Crippen molar-refractivity contribution in [3.8, 4) is 0 Å². The number of nitrogens with one attached hydrogen (secondary N) is 1. The molecule has 0 saturated heterocycles. The first-order valence-corrected chi connectivity index (χ1v) is 7.73. The molecule has 1 N–H and O–H groups in total. The van der Waals surface area contributed by atoms with Gasteiger partial charge < -0.3 is 5.32 Å². The minimum Gasteiger partial charge on any atom is -0.310 e. The van der Waals surface area contributed by atoms with Crippen LogP contribution in [0.2, 0.25) is 0 Å². The van der Waals surface area contributed by atoms with Crippen LogP contribution >= 0.6 is 0 Å². The Morgan fingerprint density at radius 3 is 2.55 bits per heavy atom. The zero-order valence-electron chi connectivity index (χ0n) is 13.6. The van der Waals surface area contributed by atoms with Gasteiger partial charge in [-0.2, -0.15) is 0 Å². The molecule has 1 atom stereocenters. The maximum Gasteiger partial charge on any atom is 0.0544 e. The summed E-state index contributed by atoms with van der Waals surface area (Å²) < 4.78 is 0. The van der Waals surface area contributed by atoms with Gasteiger partial charge in [0, 0.05) is 31.4 Å². The van der Waals surface area contributed by atoms with Crippen molar-refractivity contribution in [3.63, 3.8) is 0 Å². The van der Waals surface area contributed by atoms with Gasteiger partial charge in [0.25, 0.3) is 0 Å². The van der Waals surface area contributed by atoms with Crippen LogP contribution < -0.4 is 5.32 Å². The maximum atomic E-state index is 4.60. The fourth-order valence-corrected chi connectivity index (χ4v) is 2.26. The molecule has 112 valence electrons. The Balaban J connectivity index is 1.85. The Kier molecular flexibility index (Phi) is 4.82. The van der Waals surface area contributed by atoms with Gasteiger partial charge in [0.05, 0.1) is 5.69 Å². The van der Waals surface area contributed by atoms with E-state index in [4.69, 9.17) is 0 Å². The molecule has 1 aromatic rings. The molecule has 1 heterocycles. The van der Waals surface area contributed by atoms with Gasteiger partial charge in [0.2, 0.25) is 0 Å². The molecule has 0 amide bonds. The van der Waals surface area contributed by atoms with E-state index in [0.717, 1.165) is 24.8 Å². The van der Waals surface area contributed by atoms with Gasteiger partial charge in [0.15, 0.2) is 0 Å². The minimum absolute atomic E-state index is 0.295. The molecule has 3 nitrogen and oxygen atoms in total. The molecule has 0 aromatic carbocycles. The average Bonchev–Trinajstić information content (AvgIpc) is 3.20. The normalized spacial score (nSPS) is 17.5. The largest absolute Gasteiger partial charge is 0.310 e. The van der Waals surface area contributed by atoms with Crippen molar-refractivity contribution in [1.82, 2.24) is 15.2 Å². The van der Waals surface area contributed by atoms with Crippen molar-refractivity contribution in [2.24, 2.45) is 5.41 Å². The molecule has 1 aliphatic rings. The molecular formula is C17H29N3. The minimum atomic E-state index is 0.295. The monoisotopic (exact) mass is 275 g/mol. The van der Waals surface area contributed by atoms with E-state index < -0.39 is 0 Å². The summed E-state index contributed by atoms with van der Waals surface area (Å²) in [4.78, 5) is 6.98. The van der Waals surface area contributed by atoms with E-state index >= 15 is 0 Å². The molecular weight excluding hydrogens is 246 g/mol. The van der Waals surface area contributed by atoms with Gasteiger partial charge >= 0.3 is 0 Å². The molecule has 0 radical (unpaired) electrons. The van der Waals surface area contributed by atoms with Crippen LogP contribution in [-0.2, 0) is 13.1 Å². The third-order valence-corrected chi connectivity index (χ3v) is 4.38. The van der Waals surface area contributed by atoms with Crippen molar-refractivity contribution in [3.05, 3.63) is 29.6 Å². The number of rotatable bonds is 6. The summed E-state index contributed by atoms with van der Waals surface area (Å²) in [7, 11) is 2.18. The summed E-state index contributed by atoms with van der Waals surface area (Å²) in [5.74, 6) is 0. The summed E-state index contributed by atoms with van der Waals surface area (Å²) in [5, 5.41) is 3.52. The van der Waals surface area contributed by atoms with Crippen LogP contribution in [0.25, 0.3) is 0 Å². The van der Waals surface area contributed by atoms with Gasteiger partial charge in [0.1, 0.15) is 0 Å². The Morgan fingerprint density at radius 2 is 2.05 bits per heavy atom. The number of pyridine rings is 1. The average molecular weight is 275 g/mol. The Morgan fingerprint density at radius 1 is 1.35 bits per heavy atom. The smallest absolute Gasteiger partial charge is 0.0544 e. The van der Waals surface area contributed by atoms with Gasteiger partial charge in [-0.05, 0) is 43.9 Å². The summed E-state index contributed by atoms with van der Waals surface area (Å²) in [6.07, 6.45) is 4.68. The van der Waals surface area contributed by atoms with Gasteiger partial charge in [-0.15, -0.1) is 0 Å². The van der Waals surface area contributed by atoms with E-state index in [-0.39, 0.29) is 0 Å². The molecule has 1 aliphatic carbocycles.